The lowest BCUT2D eigenvalue weighted by atomic mass is 9.93. The van der Waals surface area contributed by atoms with Crippen LogP contribution in [0.3, 0.4) is 0 Å². The minimum absolute atomic E-state index is 0.347. The van der Waals surface area contributed by atoms with Gasteiger partial charge >= 0.3 is 0 Å². The third-order valence-corrected chi connectivity index (χ3v) is 4.43. The molecule has 1 aliphatic heterocycles. The summed E-state index contributed by atoms with van der Waals surface area (Å²) in [7, 11) is 1.81. The van der Waals surface area contributed by atoms with Crippen molar-refractivity contribution in [1.29, 1.82) is 0 Å². The predicted molar refractivity (Wildman–Crippen MR) is 77.9 cm³/mol. The minimum Gasteiger partial charge on any atom is -0.381 e. The maximum Gasteiger partial charge on any atom is 0.0771 e. The van der Waals surface area contributed by atoms with Crippen LogP contribution in [-0.2, 0) is 16.0 Å². The zero-order valence-corrected chi connectivity index (χ0v) is 12.3. The van der Waals surface area contributed by atoms with Crippen LogP contribution in [0.1, 0.15) is 38.5 Å². The first-order valence-electron chi connectivity index (χ1n) is 7.77. The second-order valence-electron chi connectivity index (χ2n) is 5.94. The number of hydrogen-bond donors (Lipinski definition) is 1. The van der Waals surface area contributed by atoms with Gasteiger partial charge in [-0.1, -0.05) is 0 Å². The smallest absolute Gasteiger partial charge is 0.0771 e. The Labute approximate surface area is 120 Å². The predicted octanol–water partition coefficient (Wildman–Crippen LogP) is 2.43. The average molecular weight is 279 g/mol. The molecule has 1 saturated heterocycles. The van der Waals surface area contributed by atoms with Crippen molar-refractivity contribution >= 4 is 5.69 Å². The summed E-state index contributed by atoms with van der Waals surface area (Å²) >= 11 is 0. The number of ether oxygens (including phenoxy) is 2. The van der Waals surface area contributed by atoms with E-state index in [0.717, 1.165) is 38.1 Å². The summed E-state index contributed by atoms with van der Waals surface area (Å²) in [6.45, 7) is 1.78. The number of nitrogens with zero attached hydrogens (tertiary/aromatic N) is 2. The molecule has 0 spiro atoms. The van der Waals surface area contributed by atoms with Crippen molar-refractivity contribution in [3.63, 3.8) is 0 Å². The van der Waals surface area contributed by atoms with E-state index in [4.69, 9.17) is 9.47 Å². The lowest BCUT2D eigenvalue weighted by molar-refractivity contribution is 0.0682. The van der Waals surface area contributed by atoms with Gasteiger partial charge in [0.1, 0.15) is 0 Å². The van der Waals surface area contributed by atoms with E-state index in [2.05, 4.69) is 16.6 Å². The van der Waals surface area contributed by atoms with Gasteiger partial charge in [0.2, 0.25) is 0 Å². The van der Waals surface area contributed by atoms with Gasteiger partial charge in [-0.3, -0.25) is 4.68 Å². The van der Waals surface area contributed by atoms with Gasteiger partial charge in [-0.25, -0.2) is 0 Å². The summed E-state index contributed by atoms with van der Waals surface area (Å²) in [5, 5.41) is 8.02. The van der Waals surface area contributed by atoms with Gasteiger partial charge in [-0.15, -0.1) is 0 Å². The third-order valence-electron chi connectivity index (χ3n) is 4.43. The highest BCUT2D eigenvalue weighted by Gasteiger charge is 2.21. The minimum atomic E-state index is 0.347. The molecule has 2 heterocycles. The first kappa shape index (κ1) is 13.9. The van der Waals surface area contributed by atoms with E-state index < -0.39 is 0 Å². The molecule has 3 rings (SSSR count). The van der Waals surface area contributed by atoms with Crippen LogP contribution >= 0.6 is 0 Å². The van der Waals surface area contributed by atoms with Crippen molar-refractivity contribution in [1.82, 2.24) is 9.78 Å². The number of methoxy groups -OCH3 is 1. The van der Waals surface area contributed by atoms with Crippen LogP contribution < -0.4 is 5.32 Å². The first-order valence-corrected chi connectivity index (χ1v) is 7.77. The zero-order chi connectivity index (χ0) is 13.8. The molecule has 1 aromatic rings. The van der Waals surface area contributed by atoms with Gasteiger partial charge in [0, 0.05) is 26.0 Å². The molecule has 1 aromatic heterocycles. The summed E-state index contributed by atoms with van der Waals surface area (Å²) in [5.74, 6) is 0. The lowest BCUT2D eigenvalue weighted by Gasteiger charge is -2.28. The van der Waals surface area contributed by atoms with Gasteiger partial charge in [-0.2, -0.15) is 5.10 Å². The number of rotatable bonds is 5. The van der Waals surface area contributed by atoms with Crippen LogP contribution in [0.2, 0.25) is 0 Å². The highest BCUT2D eigenvalue weighted by Crippen LogP contribution is 2.23. The van der Waals surface area contributed by atoms with E-state index in [1.165, 1.54) is 19.3 Å². The Morgan fingerprint density at radius 3 is 2.90 bits per heavy atom. The van der Waals surface area contributed by atoms with Crippen LogP contribution in [0.25, 0.3) is 0 Å². The second-order valence-corrected chi connectivity index (χ2v) is 5.94. The van der Waals surface area contributed by atoms with Crippen molar-refractivity contribution in [2.45, 2.75) is 63.3 Å². The van der Waals surface area contributed by atoms with Gasteiger partial charge in [0.25, 0.3) is 0 Å². The maximum atomic E-state index is 5.65. The van der Waals surface area contributed by atoms with Crippen LogP contribution in [0, 0.1) is 0 Å². The Kier molecular flexibility index (Phi) is 4.58. The third kappa shape index (κ3) is 3.52. The Hall–Kier alpha value is -1.07. The molecule has 0 radical (unpaired) electrons. The van der Waals surface area contributed by atoms with E-state index in [9.17, 15) is 0 Å². The quantitative estimate of drug-likeness (QED) is 0.899. The molecule has 1 saturated carbocycles. The second kappa shape index (κ2) is 6.59. The molecule has 0 bridgehead atoms. The van der Waals surface area contributed by atoms with Gasteiger partial charge in [0.05, 0.1) is 30.6 Å². The van der Waals surface area contributed by atoms with Crippen LogP contribution in [0.5, 0.6) is 0 Å². The Morgan fingerprint density at radius 2 is 2.20 bits per heavy atom. The van der Waals surface area contributed by atoms with Crippen molar-refractivity contribution < 1.29 is 9.47 Å². The van der Waals surface area contributed by atoms with E-state index in [1.54, 1.807) is 0 Å². The molecule has 1 N–H and O–H groups in total. The molecule has 112 valence electrons. The maximum absolute atomic E-state index is 5.65. The molecule has 0 amide bonds. The molecule has 1 aliphatic carbocycles. The standard InChI is InChI=1S/C15H25N3O2/c1-19-14-6-4-12(5-7-14)17-13-9-16-18(10-13)11-15-3-2-8-20-15/h9-10,12,14-15,17H,2-8,11H2,1H3. The van der Waals surface area contributed by atoms with Gasteiger partial charge in [0.15, 0.2) is 0 Å². The fourth-order valence-corrected chi connectivity index (χ4v) is 3.21. The van der Waals surface area contributed by atoms with Crippen LogP contribution in [0.4, 0.5) is 5.69 Å². The fraction of sp³-hybridized carbons (Fsp3) is 0.800. The zero-order valence-electron chi connectivity index (χ0n) is 12.3. The summed E-state index contributed by atoms with van der Waals surface area (Å²) in [6, 6.07) is 0.557. The molecule has 5 heteroatoms. The number of aromatic nitrogens is 2. The van der Waals surface area contributed by atoms with E-state index in [1.807, 2.05) is 18.0 Å². The van der Waals surface area contributed by atoms with Crippen LogP contribution in [0.15, 0.2) is 12.4 Å². The molecular formula is C15H25N3O2. The molecular weight excluding hydrogens is 254 g/mol. The molecule has 1 unspecified atom stereocenters. The van der Waals surface area contributed by atoms with Crippen molar-refractivity contribution in [3.8, 4) is 0 Å². The van der Waals surface area contributed by atoms with Gasteiger partial charge < -0.3 is 14.8 Å². The summed E-state index contributed by atoms with van der Waals surface area (Å²) in [5.41, 5.74) is 1.13. The SMILES string of the molecule is COC1CCC(Nc2cnn(CC3CCCO3)c2)CC1. The van der Waals surface area contributed by atoms with E-state index >= 15 is 0 Å². The summed E-state index contributed by atoms with van der Waals surface area (Å²) in [4.78, 5) is 0. The van der Waals surface area contributed by atoms with Crippen molar-refractivity contribution in [3.05, 3.63) is 12.4 Å². The summed E-state index contributed by atoms with van der Waals surface area (Å²) in [6.07, 6.45) is 11.8. The molecule has 20 heavy (non-hydrogen) atoms. The van der Waals surface area contributed by atoms with Crippen LogP contribution in [-0.4, -0.2) is 41.7 Å². The molecule has 0 aromatic carbocycles. The highest BCUT2D eigenvalue weighted by molar-refractivity contribution is 5.39. The van der Waals surface area contributed by atoms with Crippen molar-refractivity contribution in [2.24, 2.45) is 0 Å². The normalized spacial score (nSPS) is 30.6. The Balaban J connectivity index is 1.47. The molecule has 5 nitrogen and oxygen atoms in total. The first-order chi connectivity index (χ1) is 9.83. The van der Waals surface area contributed by atoms with Crippen molar-refractivity contribution in [2.75, 3.05) is 19.0 Å². The fourth-order valence-electron chi connectivity index (χ4n) is 3.21. The topological polar surface area (TPSA) is 48.3 Å². The Bertz CT molecular complexity index is 407. The molecule has 1 atom stereocenters. The highest BCUT2D eigenvalue weighted by atomic mass is 16.5. The Morgan fingerprint density at radius 1 is 1.35 bits per heavy atom. The van der Waals surface area contributed by atoms with E-state index in [-0.39, 0.29) is 0 Å². The van der Waals surface area contributed by atoms with E-state index in [0.29, 0.717) is 18.2 Å². The molecule has 2 fully saturated rings. The van der Waals surface area contributed by atoms with Gasteiger partial charge in [-0.05, 0) is 38.5 Å². The average Bonchev–Trinajstić information content (AvgIpc) is 3.12. The largest absolute Gasteiger partial charge is 0.381 e. The number of nitrogens with one attached hydrogen (secondary N) is 1. The molecule has 2 aliphatic rings. The summed E-state index contributed by atoms with van der Waals surface area (Å²) < 4.78 is 13.1. The number of anilines is 1. The monoisotopic (exact) mass is 279 g/mol. The number of hydrogen-bond acceptors (Lipinski definition) is 4. The lowest BCUT2D eigenvalue weighted by Crippen LogP contribution is -2.29.